The highest BCUT2D eigenvalue weighted by molar-refractivity contribution is 9.10. The van der Waals surface area contributed by atoms with Gasteiger partial charge in [-0.3, -0.25) is 4.79 Å². The number of hydrogen-bond donors (Lipinski definition) is 1. The molecule has 0 saturated carbocycles. The Kier molecular flexibility index (Phi) is 6.18. The van der Waals surface area contributed by atoms with Gasteiger partial charge in [-0.15, -0.1) is 0 Å². The first-order valence-electron chi connectivity index (χ1n) is 9.39. The van der Waals surface area contributed by atoms with Crippen LogP contribution in [0.1, 0.15) is 44.4 Å². The Balaban J connectivity index is 1.70. The summed E-state index contributed by atoms with van der Waals surface area (Å²) >= 11 is 3.50. The van der Waals surface area contributed by atoms with Crippen molar-refractivity contribution in [2.75, 3.05) is 13.7 Å². The second kappa shape index (κ2) is 8.43. The number of benzene rings is 2. The fourth-order valence-corrected chi connectivity index (χ4v) is 3.89. The number of amides is 1. The van der Waals surface area contributed by atoms with Crippen LogP contribution in [-0.4, -0.2) is 25.2 Å². The van der Waals surface area contributed by atoms with Gasteiger partial charge in [0, 0.05) is 12.0 Å². The Morgan fingerprint density at radius 1 is 1.29 bits per heavy atom. The van der Waals surface area contributed by atoms with Crippen LogP contribution >= 0.6 is 15.9 Å². The summed E-state index contributed by atoms with van der Waals surface area (Å²) in [4.78, 5) is 12.6. The maximum absolute atomic E-state index is 12.6. The minimum absolute atomic E-state index is 0.0544. The molecule has 150 valence electrons. The molecular weight excluding hydrogens is 422 g/mol. The van der Waals surface area contributed by atoms with E-state index in [2.05, 4.69) is 28.2 Å². The van der Waals surface area contributed by atoms with Crippen LogP contribution < -0.4 is 19.5 Å². The number of ether oxygens (including phenoxy) is 3. The number of aryl methyl sites for hydroxylation is 1. The molecule has 1 amide bonds. The number of nitrogens with one attached hydrogen (secondary N) is 1. The van der Waals surface area contributed by atoms with Crippen LogP contribution in [0.15, 0.2) is 40.9 Å². The second-order valence-electron chi connectivity index (χ2n) is 7.50. The number of hydrogen-bond acceptors (Lipinski definition) is 4. The minimum atomic E-state index is -0.376. The lowest BCUT2D eigenvalue weighted by Gasteiger charge is -2.38. The third-order valence-electron chi connectivity index (χ3n) is 4.77. The maximum Gasteiger partial charge on any atom is 0.258 e. The number of carbonyl (C=O) groups excluding carboxylic acids is 1. The summed E-state index contributed by atoms with van der Waals surface area (Å²) in [6, 6.07) is 11.4. The molecule has 0 saturated heterocycles. The normalized spacial score (nSPS) is 17.2. The first-order chi connectivity index (χ1) is 13.3. The molecule has 3 rings (SSSR count). The van der Waals surface area contributed by atoms with Crippen molar-refractivity contribution in [2.45, 2.75) is 45.3 Å². The molecule has 0 spiro atoms. The van der Waals surface area contributed by atoms with Gasteiger partial charge >= 0.3 is 0 Å². The van der Waals surface area contributed by atoms with Gasteiger partial charge in [0.2, 0.25) is 0 Å². The summed E-state index contributed by atoms with van der Waals surface area (Å²) in [6.07, 6.45) is 1.61. The molecular formula is C22H26BrNO4. The van der Waals surface area contributed by atoms with Crippen molar-refractivity contribution in [3.8, 4) is 17.2 Å². The molecule has 2 aromatic rings. The van der Waals surface area contributed by atoms with Crippen molar-refractivity contribution in [3.63, 3.8) is 0 Å². The Labute approximate surface area is 174 Å². The zero-order valence-electron chi connectivity index (χ0n) is 16.7. The third-order valence-corrected chi connectivity index (χ3v) is 5.39. The maximum atomic E-state index is 12.6. The molecule has 0 fully saturated rings. The first-order valence-corrected chi connectivity index (χ1v) is 10.2. The molecule has 0 aromatic heterocycles. The van der Waals surface area contributed by atoms with Crippen LogP contribution in [0.5, 0.6) is 17.2 Å². The Morgan fingerprint density at radius 3 is 2.75 bits per heavy atom. The fourth-order valence-electron chi connectivity index (χ4n) is 3.35. The topological polar surface area (TPSA) is 56.8 Å². The molecule has 2 aromatic carbocycles. The molecule has 1 atom stereocenters. The number of methoxy groups -OCH3 is 1. The van der Waals surface area contributed by atoms with Crippen LogP contribution in [0, 0.1) is 0 Å². The van der Waals surface area contributed by atoms with Crippen molar-refractivity contribution in [2.24, 2.45) is 0 Å². The van der Waals surface area contributed by atoms with Crippen LogP contribution in [0.25, 0.3) is 0 Å². The molecule has 1 aliphatic rings. The average Bonchev–Trinajstić information content (AvgIpc) is 2.65. The predicted octanol–water partition coefficient (Wildman–Crippen LogP) is 4.82. The van der Waals surface area contributed by atoms with Crippen LogP contribution in [0.3, 0.4) is 0 Å². The van der Waals surface area contributed by atoms with Crippen molar-refractivity contribution in [3.05, 3.63) is 52.0 Å². The van der Waals surface area contributed by atoms with E-state index in [1.54, 1.807) is 7.11 Å². The fraction of sp³-hybridized carbons (Fsp3) is 0.409. The van der Waals surface area contributed by atoms with Crippen molar-refractivity contribution in [1.82, 2.24) is 5.32 Å². The molecule has 0 bridgehead atoms. The monoisotopic (exact) mass is 447 g/mol. The van der Waals surface area contributed by atoms with Gasteiger partial charge in [0.25, 0.3) is 5.91 Å². The first kappa shape index (κ1) is 20.5. The molecule has 1 aliphatic heterocycles. The Morgan fingerprint density at radius 2 is 2.07 bits per heavy atom. The number of carbonyl (C=O) groups is 1. The van der Waals surface area contributed by atoms with Crippen LogP contribution in [0.2, 0.25) is 0 Å². The lowest BCUT2D eigenvalue weighted by atomic mass is 9.89. The van der Waals surface area contributed by atoms with Crippen molar-refractivity contribution in [1.29, 1.82) is 0 Å². The second-order valence-corrected chi connectivity index (χ2v) is 8.35. The van der Waals surface area contributed by atoms with Gasteiger partial charge in [-0.05, 0) is 72.1 Å². The van der Waals surface area contributed by atoms with E-state index in [-0.39, 0.29) is 24.2 Å². The van der Waals surface area contributed by atoms with E-state index < -0.39 is 0 Å². The summed E-state index contributed by atoms with van der Waals surface area (Å²) in [5, 5.41) is 3.08. The number of halogens is 1. The highest BCUT2D eigenvalue weighted by atomic mass is 79.9. The van der Waals surface area contributed by atoms with E-state index >= 15 is 0 Å². The molecule has 1 N–H and O–H groups in total. The van der Waals surface area contributed by atoms with Gasteiger partial charge in [0.05, 0.1) is 17.6 Å². The standard InChI is InChI=1S/C22H26BrNO4/c1-5-14-6-8-20(17(23)10-14)27-13-21(25)24-18-12-22(2,3)28-19-9-7-15(26-4)11-16(18)19/h6-11,18H,5,12-13H2,1-4H3,(H,24,25)/t18-/m0/s1. The van der Waals surface area contributed by atoms with Gasteiger partial charge in [-0.2, -0.15) is 0 Å². The molecule has 0 aliphatic carbocycles. The summed E-state index contributed by atoms with van der Waals surface area (Å²) in [5.41, 5.74) is 1.75. The molecule has 1 heterocycles. The molecule has 0 unspecified atom stereocenters. The average molecular weight is 448 g/mol. The summed E-state index contributed by atoms with van der Waals surface area (Å²) in [6.45, 7) is 6.07. The lowest BCUT2D eigenvalue weighted by molar-refractivity contribution is -0.124. The summed E-state index contributed by atoms with van der Waals surface area (Å²) in [7, 11) is 1.62. The highest BCUT2D eigenvalue weighted by Gasteiger charge is 2.34. The lowest BCUT2D eigenvalue weighted by Crippen LogP contribution is -2.42. The summed E-state index contributed by atoms with van der Waals surface area (Å²) in [5.74, 6) is 1.98. The predicted molar refractivity (Wildman–Crippen MR) is 112 cm³/mol. The van der Waals surface area contributed by atoms with Gasteiger partial charge in [-0.25, -0.2) is 0 Å². The molecule has 6 heteroatoms. The highest BCUT2D eigenvalue weighted by Crippen LogP contribution is 2.41. The van der Waals surface area contributed by atoms with Gasteiger partial charge < -0.3 is 19.5 Å². The van der Waals surface area contributed by atoms with E-state index in [0.29, 0.717) is 12.2 Å². The number of rotatable bonds is 6. The van der Waals surface area contributed by atoms with E-state index in [9.17, 15) is 4.79 Å². The van der Waals surface area contributed by atoms with Crippen molar-refractivity contribution >= 4 is 21.8 Å². The van der Waals surface area contributed by atoms with E-state index in [0.717, 1.165) is 28.0 Å². The van der Waals surface area contributed by atoms with Crippen LogP contribution in [-0.2, 0) is 11.2 Å². The van der Waals surface area contributed by atoms with Gasteiger partial charge in [-0.1, -0.05) is 13.0 Å². The van der Waals surface area contributed by atoms with Crippen molar-refractivity contribution < 1.29 is 19.0 Å². The van der Waals surface area contributed by atoms with E-state index in [1.807, 2.05) is 50.2 Å². The molecule has 0 radical (unpaired) electrons. The van der Waals surface area contributed by atoms with E-state index in [4.69, 9.17) is 14.2 Å². The Bertz CT molecular complexity index is 866. The Hall–Kier alpha value is -2.21. The third kappa shape index (κ3) is 4.79. The smallest absolute Gasteiger partial charge is 0.258 e. The summed E-state index contributed by atoms with van der Waals surface area (Å²) < 4.78 is 17.9. The zero-order chi connectivity index (χ0) is 20.3. The zero-order valence-corrected chi connectivity index (χ0v) is 18.3. The van der Waals surface area contributed by atoms with E-state index in [1.165, 1.54) is 5.56 Å². The van der Waals surface area contributed by atoms with Gasteiger partial charge in [0.1, 0.15) is 22.8 Å². The van der Waals surface area contributed by atoms with Crippen LogP contribution in [0.4, 0.5) is 0 Å². The SMILES string of the molecule is CCc1ccc(OCC(=O)N[C@H]2CC(C)(C)Oc3ccc(OC)cc32)c(Br)c1. The molecule has 28 heavy (non-hydrogen) atoms. The quantitative estimate of drug-likeness (QED) is 0.689. The minimum Gasteiger partial charge on any atom is -0.497 e. The van der Waals surface area contributed by atoms with Gasteiger partial charge in [0.15, 0.2) is 6.61 Å². The largest absolute Gasteiger partial charge is 0.497 e. The number of fused-ring (bicyclic) bond motifs is 1. The molecule has 5 nitrogen and oxygen atoms in total.